The van der Waals surface area contributed by atoms with E-state index in [1.165, 1.54) is 16.8 Å². The normalized spacial score (nSPS) is 20.9. The number of rotatable bonds is 5. The fraction of sp³-hybridized carbons (Fsp3) is 0.379. The van der Waals surface area contributed by atoms with Crippen LogP contribution in [0.25, 0.3) is 39.2 Å². The first-order valence-corrected chi connectivity index (χ1v) is 13.5. The summed E-state index contributed by atoms with van der Waals surface area (Å²) in [7, 11) is 0. The van der Waals surface area contributed by atoms with Crippen LogP contribution in [0.2, 0.25) is 0 Å². The molecule has 0 amide bonds. The Balaban J connectivity index is 1.47. The molecule has 2 saturated heterocycles. The van der Waals surface area contributed by atoms with Gasteiger partial charge in [-0.05, 0) is 57.7 Å². The summed E-state index contributed by atoms with van der Waals surface area (Å²) in [4.78, 5) is 12.0. The summed E-state index contributed by atoms with van der Waals surface area (Å²) in [5.74, 6) is -0.183. The van der Waals surface area contributed by atoms with Crippen LogP contribution < -0.4 is 10.6 Å². The molecule has 0 saturated carbocycles. The summed E-state index contributed by atoms with van der Waals surface area (Å²) in [6.07, 6.45) is 6.36. The summed E-state index contributed by atoms with van der Waals surface area (Å²) in [6.45, 7) is 5.16. The molecule has 5 aromatic rings. The van der Waals surface area contributed by atoms with E-state index in [2.05, 4.69) is 15.2 Å². The molecule has 0 radical (unpaired) electrons. The minimum Gasteiger partial charge on any atom is -0.389 e. The number of fused-ring (bicyclic) bond motifs is 4. The number of nitrogens with two attached hydrogens (primary N) is 1. The average molecular weight is 545 g/mol. The highest BCUT2D eigenvalue weighted by molar-refractivity contribution is 5.89. The standard InChI is InChI=1S/C29H30F2N8O/c1-15-4-5-16(10-19(15)30)25-26(18-12-22-24(13-20(18)31)38(36-35-22)14-29(2,3)40)37-9-8-33-27(28(37)34-25)39-17-6-7-23(39)21(32)11-17/h4-5,8-10,12-13,17,21,23,40H,6-7,11,14,32H2,1-3H3/t17-,21+,23+/m1/s1. The molecule has 2 aliphatic heterocycles. The number of hydrogen-bond donors (Lipinski definition) is 2. The molecule has 2 aromatic carbocycles. The summed E-state index contributed by atoms with van der Waals surface area (Å²) in [5, 5.41) is 18.7. The van der Waals surface area contributed by atoms with E-state index < -0.39 is 11.4 Å². The van der Waals surface area contributed by atoms with E-state index >= 15 is 4.39 Å². The van der Waals surface area contributed by atoms with E-state index in [1.807, 2.05) is 4.40 Å². The SMILES string of the molecule is Cc1ccc(-c2nc3c(N4[C@@H]5CC[C@H]4[C@@H](N)C5)nccn3c2-c2cc3nnn(CC(C)(C)O)c3cc2F)cc1F. The van der Waals surface area contributed by atoms with Gasteiger partial charge >= 0.3 is 0 Å². The zero-order valence-electron chi connectivity index (χ0n) is 22.5. The molecule has 206 valence electrons. The smallest absolute Gasteiger partial charge is 0.181 e. The van der Waals surface area contributed by atoms with E-state index in [-0.39, 0.29) is 36.1 Å². The predicted octanol–water partition coefficient (Wildman–Crippen LogP) is 4.23. The number of benzene rings is 2. The van der Waals surface area contributed by atoms with Crippen molar-refractivity contribution >= 4 is 22.5 Å². The molecule has 5 heterocycles. The second-order valence-electron chi connectivity index (χ2n) is 11.7. The lowest BCUT2D eigenvalue weighted by Crippen LogP contribution is -2.37. The van der Waals surface area contributed by atoms with E-state index in [4.69, 9.17) is 15.7 Å². The van der Waals surface area contributed by atoms with Crippen molar-refractivity contribution in [2.24, 2.45) is 5.73 Å². The van der Waals surface area contributed by atoms with Gasteiger partial charge in [-0.15, -0.1) is 5.10 Å². The third kappa shape index (κ3) is 3.87. The Morgan fingerprint density at radius 2 is 1.95 bits per heavy atom. The third-order valence-electron chi connectivity index (χ3n) is 8.19. The van der Waals surface area contributed by atoms with Crippen molar-refractivity contribution in [3.8, 4) is 22.5 Å². The molecule has 0 aliphatic carbocycles. The number of aromatic nitrogens is 6. The summed E-state index contributed by atoms with van der Waals surface area (Å²) in [6, 6.07) is 8.43. The number of halogens is 2. The predicted molar refractivity (Wildman–Crippen MR) is 148 cm³/mol. The van der Waals surface area contributed by atoms with E-state index in [1.54, 1.807) is 51.4 Å². The van der Waals surface area contributed by atoms with Crippen molar-refractivity contribution in [2.75, 3.05) is 4.90 Å². The van der Waals surface area contributed by atoms with Crippen LogP contribution in [-0.4, -0.2) is 58.2 Å². The quantitative estimate of drug-likeness (QED) is 0.341. The first-order valence-electron chi connectivity index (χ1n) is 13.5. The fourth-order valence-corrected chi connectivity index (χ4v) is 6.36. The Morgan fingerprint density at radius 1 is 1.12 bits per heavy atom. The Bertz CT molecular complexity index is 1790. The van der Waals surface area contributed by atoms with E-state index in [9.17, 15) is 9.50 Å². The lowest BCUT2D eigenvalue weighted by molar-refractivity contribution is 0.0585. The van der Waals surface area contributed by atoms with Crippen LogP contribution >= 0.6 is 0 Å². The van der Waals surface area contributed by atoms with Gasteiger partial charge in [0.25, 0.3) is 0 Å². The van der Waals surface area contributed by atoms with Gasteiger partial charge in [0.1, 0.15) is 17.2 Å². The molecular weight excluding hydrogens is 514 g/mol. The lowest BCUT2D eigenvalue weighted by Gasteiger charge is -2.24. The molecule has 0 spiro atoms. The van der Waals surface area contributed by atoms with Crippen LogP contribution in [0.5, 0.6) is 0 Å². The van der Waals surface area contributed by atoms with Gasteiger partial charge in [0.2, 0.25) is 0 Å². The van der Waals surface area contributed by atoms with Gasteiger partial charge < -0.3 is 15.7 Å². The molecule has 3 aromatic heterocycles. The highest BCUT2D eigenvalue weighted by atomic mass is 19.1. The Morgan fingerprint density at radius 3 is 2.65 bits per heavy atom. The van der Waals surface area contributed by atoms with Gasteiger partial charge in [-0.2, -0.15) is 0 Å². The molecule has 40 heavy (non-hydrogen) atoms. The van der Waals surface area contributed by atoms with Gasteiger partial charge in [0, 0.05) is 47.7 Å². The van der Waals surface area contributed by atoms with Crippen molar-refractivity contribution in [3.05, 3.63) is 59.9 Å². The van der Waals surface area contributed by atoms with E-state index in [0.29, 0.717) is 45.0 Å². The minimum atomic E-state index is -1.05. The molecule has 2 fully saturated rings. The zero-order valence-corrected chi connectivity index (χ0v) is 22.5. The Hall–Kier alpha value is -3.96. The van der Waals surface area contributed by atoms with Crippen molar-refractivity contribution in [1.29, 1.82) is 0 Å². The zero-order chi connectivity index (χ0) is 27.9. The number of hydrogen-bond acceptors (Lipinski definition) is 7. The lowest BCUT2D eigenvalue weighted by atomic mass is 9.97. The molecule has 2 aliphatic rings. The van der Waals surface area contributed by atoms with Gasteiger partial charge in [-0.3, -0.25) is 4.40 Å². The Kier molecular flexibility index (Phi) is 5.49. The highest BCUT2D eigenvalue weighted by Crippen LogP contribution is 2.43. The fourth-order valence-electron chi connectivity index (χ4n) is 6.36. The van der Waals surface area contributed by atoms with Crippen molar-refractivity contribution in [3.63, 3.8) is 0 Å². The van der Waals surface area contributed by atoms with Gasteiger partial charge in [0.05, 0.1) is 29.1 Å². The Labute approximate surface area is 229 Å². The monoisotopic (exact) mass is 544 g/mol. The first-order chi connectivity index (χ1) is 19.1. The molecule has 3 N–H and O–H groups in total. The van der Waals surface area contributed by atoms with Crippen LogP contribution in [0, 0.1) is 18.6 Å². The maximum atomic E-state index is 16.0. The highest BCUT2D eigenvalue weighted by Gasteiger charge is 2.46. The molecule has 11 heteroatoms. The number of aryl methyl sites for hydroxylation is 1. The second kappa shape index (κ2) is 8.77. The van der Waals surface area contributed by atoms with Crippen LogP contribution in [0.3, 0.4) is 0 Å². The largest absolute Gasteiger partial charge is 0.389 e. The topological polar surface area (TPSA) is 110 Å². The van der Waals surface area contributed by atoms with Crippen LogP contribution in [0.1, 0.15) is 38.7 Å². The molecule has 7 rings (SSSR count). The minimum absolute atomic E-state index is 0.0623. The number of nitrogens with zero attached hydrogens (tertiary/aromatic N) is 7. The van der Waals surface area contributed by atoms with Crippen molar-refractivity contribution in [2.45, 2.75) is 70.3 Å². The summed E-state index contributed by atoms with van der Waals surface area (Å²) < 4.78 is 34.1. The molecule has 0 unspecified atom stereocenters. The summed E-state index contributed by atoms with van der Waals surface area (Å²) in [5.41, 5.74) is 9.06. The van der Waals surface area contributed by atoms with Crippen molar-refractivity contribution < 1.29 is 13.9 Å². The van der Waals surface area contributed by atoms with Gasteiger partial charge in [-0.25, -0.2) is 23.4 Å². The molecule has 3 atom stereocenters. The van der Waals surface area contributed by atoms with Gasteiger partial charge in [0.15, 0.2) is 11.5 Å². The maximum absolute atomic E-state index is 16.0. The second-order valence-corrected chi connectivity index (χ2v) is 11.7. The van der Waals surface area contributed by atoms with Crippen LogP contribution in [0.4, 0.5) is 14.6 Å². The maximum Gasteiger partial charge on any atom is 0.181 e. The third-order valence-corrected chi connectivity index (χ3v) is 8.19. The first kappa shape index (κ1) is 25.0. The number of anilines is 1. The molecular formula is C29H30F2N8O. The van der Waals surface area contributed by atoms with Crippen molar-refractivity contribution in [1.82, 2.24) is 29.4 Å². The molecule has 9 nitrogen and oxygen atoms in total. The van der Waals surface area contributed by atoms with Crippen LogP contribution in [0.15, 0.2) is 42.7 Å². The average Bonchev–Trinajstić information content (AvgIpc) is 3.65. The van der Waals surface area contributed by atoms with Crippen LogP contribution in [-0.2, 0) is 6.54 Å². The molecule has 2 bridgehead atoms. The summed E-state index contributed by atoms with van der Waals surface area (Å²) >= 11 is 0. The van der Waals surface area contributed by atoms with E-state index in [0.717, 1.165) is 19.3 Å². The number of aliphatic hydroxyl groups is 1. The number of imidazole rings is 1. The van der Waals surface area contributed by atoms with Gasteiger partial charge in [-0.1, -0.05) is 17.3 Å².